The van der Waals surface area contributed by atoms with Crippen molar-refractivity contribution in [3.63, 3.8) is 0 Å². The third kappa shape index (κ3) is 22.7. The van der Waals surface area contributed by atoms with Crippen molar-refractivity contribution in [3.8, 4) is 50.2 Å². The number of fused-ring (bicyclic) bond motifs is 6. The first kappa shape index (κ1) is 85.4. The molecule has 8 heterocycles. The summed E-state index contributed by atoms with van der Waals surface area (Å²) < 4.78 is 15.5. The molecule has 0 aliphatic carbocycles. The summed E-state index contributed by atoms with van der Waals surface area (Å²) in [6, 6.07) is 76.3. The third-order valence-electron chi connectivity index (χ3n) is 16.5. The Morgan fingerprint density at radius 1 is 0.412 bits per heavy atom. The molecule has 0 spiro atoms. The third-order valence-corrected chi connectivity index (χ3v) is 25.0. The van der Waals surface area contributed by atoms with Gasteiger partial charge in [-0.25, -0.2) is 34.6 Å². The summed E-state index contributed by atoms with van der Waals surface area (Å²) in [6.07, 6.45) is 7.22. The van der Waals surface area contributed by atoms with Crippen LogP contribution in [-0.2, 0) is 0 Å². The molecule has 19 aromatic rings. The standard InChI is InChI=1S/C17H13N3S.C14H11BrN2S.C14H10BrNS.C14H12N2S.C8H6Br2N2S.C8H8N2S.C6H7BO2.C3H4N2.BHNS/c1-12-19-15-11-16(20-9-5-8-18-20)14(10-17(15)21-12)13-6-3-2-4-7-13;1-8-17-14-11(18-8)7-10(13(16)12(14)15)9-5-3-2-4-6-9;2*1-9-16-13-8-12(15)11(7-14(13)17-9)10-5-3-2-4-6-10;1-3-12-8-5(13-3)2-4(9)7(11)6(8)10;1-5-10-7-4-6(9)2-3-8(7)11-5;8-7(9)6-4-2-1-3-5-6;1-2-4-5-3-1;1-2-3/h2-11H,1H3;2-7H,16H2,1H3;2-8H,1H3;2-8H,15H2,1H3;2H,11H2,1H3;2-4H,9H2,1H3;1-5,8-9H;1-3H,(H,4,5);3H. The average molecular weight is 1890 g/mol. The number of aryl methyl sites for hydroxylation is 6. The van der Waals surface area contributed by atoms with Crippen molar-refractivity contribution >= 4 is 249 Å². The first-order valence-electron chi connectivity index (χ1n) is 34.8. The molecule has 19 rings (SSSR count). The SMILES string of the molecule is Cc1nc2c(Br)c(N)c(-c3ccccc3)cc2s1.Cc1nc2c(Br)c(N)c(Br)cc2s1.Cc1nc2cc(-n3cccn3)c(-c3ccccc3)cc2s1.Cc1nc2cc(Br)c(-c3ccccc3)cc2s1.Cc1nc2cc(N)c(-c3ccccc3)cc2s1.Cc1nc2cc(N)ccc2s1.OB(O)c1ccccc1.[B]=NS.c1cn[nH]c1. The van der Waals surface area contributed by atoms with Crippen LogP contribution in [0, 0.1) is 41.5 Å². The van der Waals surface area contributed by atoms with Gasteiger partial charge in [-0.1, -0.05) is 168 Å². The number of thiazole rings is 6. The van der Waals surface area contributed by atoms with Crippen molar-refractivity contribution in [2.75, 3.05) is 22.9 Å². The average Bonchev–Trinajstić information content (AvgIpc) is 1.56. The topological polar surface area (TPSA) is 281 Å². The van der Waals surface area contributed by atoms with Crippen molar-refractivity contribution in [3.05, 3.63) is 303 Å². The van der Waals surface area contributed by atoms with Crippen molar-refractivity contribution in [2.24, 2.45) is 4.30 Å². The van der Waals surface area contributed by atoms with Gasteiger partial charge < -0.3 is 33.0 Å². The smallest absolute Gasteiger partial charge is 0.0487 e. The zero-order valence-corrected chi connectivity index (χ0v) is 74.1. The number of H-pyrrole nitrogens is 1. The molecular weight excluding hydrogens is 1820 g/mol. The van der Waals surface area contributed by atoms with E-state index in [1.54, 1.807) is 111 Å². The van der Waals surface area contributed by atoms with Gasteiger partial charge in [-0.05, 0) is 201 Å². The quantitative estimate of drug-likeness (QED) is 0.0437. The van der Waals surface area contributed by atoms with Crippen LogP contribution in [0.2, 0.25) is 0 Å². The fraction of sp³-hybridized carbons (Fsp3) is 0.0714. The van der Waals surface area contributed by atoms with E-state index in [1.807, 2.05) is 149 Å². The van der Waals surface area contributed by atoms with Crippen LogP contribution in [0.4, 0.5) is 22.7 Å². The largest absolute Gasteiger partial charge is 0.286 e. The van der Waals surface area contributed by atoms with Gasteiger partial charge in [0, 0.05) is 61.8 Å². The van der Waals surface area contributed by atoms with E-state index in [2.05, 4.69) is 243 Å². The van der Waals surface area contributed by atoms with E-state index >= 15 is 0 Å². The Bertz CT molecular complexity index is 6200. The van der Waals surface area contributed by atoms with Gasteiger partial charge in [0.1, 0.15) is 0 Å². The Balaban J connectivity index is 0.000000130. The minimum atomic E-state index is -1.34. The van der Waals surface area contributed by atoms with Crippen LogP contribution in [0.25, 0.3) is 111 Å². The zero-order valence-electron chi connectivity index (χ0n) is 62.0. The number of aromatic nitrogens is 10. The van der Waals surface area contributed by atoms with Gasteiger partial charge in [0.25, 0.3) is 0 Å². The van der Waals surface area contributed by atoms with E-state index in [4.69, 9.17) is 33.0 Å². The number of rotatable bonds is 6. The van der Waals surface area contributed by atoms with Crippen LogP contribution in [0.1, 0.15) is 30.0 Å². The van der Waals surface area contributed by atoms with E-state index < -0.39 is 7.12 Å². The molecule has 30 heteroatoms. The van der Waals surface area contributed by atoms with E-state index in [-0.39, 0.29) is 0 Å². The summed E-state index contributed by atoms with van der Waals surface area (Å²) in [6.45, 7) is 12.1. The van der Waals surface area contributed by atoms with Crippen LogP contribution < -0.4 is 28.4 Å². The number of nitrogen functional groups attached to an aromatic ring is 4. The van der Waals surface area contributed by atoms with Crippen molar-refractivity contribution < 1.29 is 10.0 Å². The molecule has 571 valence electrons. The van der Waals surface area contributed by atoms with Gasteiger partial charge >= 0.3 is 31.9 Å². The van der Waals surface area contributed by atoms with E-state index in [0.29, 0.717) is 11.2 Å². The van der Waals surface area contributed by atoms with Crippen LogP contribution in [-0.4, -0.2) is 74.7 Å². The molecule has 0 unspecified atom stereocenters. The molecule has 11 N–H and O–H groups in total. The van der Waals surface area contributed by atoms with Gasteiger partial charge in [-0.3, -0.25) is 5.10 Å². The van der Waals surface area contributed by atoms with Crippen molar-refractivity contribution in [1.29, 1.82) is 0 Å². The van der Waals surface area contributed by atoms with Crippen LogP contribution in [0.5, 0.6) is 0 Å². The summed E-state index contributed by atoms with van der Waals surface area (Å²) in [5.74, 6) is 0. The number of anilines is 4. The number of hydrogen-bond donors (Lipinski definition) is 8. The first-order chi connectivity index (χ1) is 55.0. The molecule has 8 aromatic heterocycles. The summed E-state index contributed by atoms with van der Waals surface area (Å²) in [5, 5.41) is 34.2. The number of benzene rings is 11. The predicted molar refractivity (Wildman–Crippen MR) is 505 cm³/mol. The summed E-state index contributed by atoms with van der Waals surface area (Å²) in [4.78, 5) is 26.7. The fourth-order valence-corrected chi connectivity index (χ4v) is 19.2. The second kappa shape index (κ2) is 41.2. The van der Waals surface area contributed by atoms with E-state index in [1.165, 1.54) is 41.1 Å². The monoisotopic (exact) mass is 1880 g/mol. The number of nitrogens with two attached hydrogens (primary N) is 4. The number of hydrogen-bond acceptors (Lipinski definition) is 22. The molecule has 0 saturated carbocycles. The molecule has 0 saturated heterocycles. The maximum Gasteiger partial charge on any atom is 0.0487 e. The van der Waals surface area contributed by atoms with E-state index in [9.17, 15) is 0 Å². The second-order valence-electron chi connectivity index (χ2n) is 24.7. The molecule has 114 heavy (non-hydrogen) atoms. The number of nitrogens with one attached hydrogen (secondary N) is 1. The fourth-order valence-electron chi connectivity index (χ4n) is 11.4. The molecule has 0 aliphatic rings. The number of thiol groups is 1. The summed E-state index contributed by atoms with van der Waals surface area (Å²) >= 11 is 27.4. The maximum absolute atomic E-state index is 8.58. The molecule has 11 aromatic carbocycles. The molecule has 0 fully saturated rings. The second-order valence-corrected chi connectivity index (χ2v) is 35.6. The molecule has 0 aliphatic heterocycles. The number of nitrogens with zero attached hydrogens (tertiary/aromatic N) is 10. The van der Waals surface area contributed by atoms with Crippen LogP contribution in [0.15, 0.2) is 278 Å². The Labute approximate surface area is 723 Å². The first-order valence-corrected chi connectivity index (χ1v) is 43.2. The molecule has 1 radical (unpaired) electrons. The maximum atomic E-state index is 8.58. The summed E-state index contributed by atoms with van der Waals surface area (Å²) in [5.41, 5.74) is 43.6. The van der Waals surface area contributed by atoms with Gasteiger partial charge in [-0.2, -0.15) is 10.2 Å². The van der Waals surface area contributed by atoms with Gasteiger partial charge in [0.15, 0.2) is 0 Å². The van der Waals surface area contributed by atoms with Crippen LogP contribution >= 0.6 is 145 Å². The predicted octanol–water partition coefficient (Wildman–Crippen LogP) is 23.8. The molecular formula is C84H72B2Br4N15O2S7. The number of halogens is 4. The molecule has 0 bridgehead atoms. The normalized spacial score (nSPS) is 10.5. The summed E-state index contributed by atoms with van der Waals surface area (Å²) in [7, 11) is 2.99. The molecule has 17 nitrogen and oxygen atoms in total. The Morgan fingerprint density at radius 2 is 0.816 bits per heavy atom. The van der Waals surface area contributed by atoms with Gasteiger partial charge in [-0.15, -0.1) is 68.0 Å². The van der Waals surface area contributed by atoms with E-state index in [0.717, 1.165) is 135 Å². The van der Waals surface area contributed by atoms with Gasteiger partial charge in [0.05, 0.1) is 117 Å². The van der Waals surface area contributed by atoms with Crippen molar-refractivity contribution in [1.82, 2.24) is 49.9 Å². The van der Waals surface area contributed by atoms with Crippen molar-refractivity contribution in [2.45, 2.75) is 41.5 Å². The Kier molecular flexibility index (Phi) is 30.8. The minimum absolute atomic E-state index is 0.525. The minimum Gasteiger partial charge on any atom is -0.286 e. The Hall–Kier alpha value is -9.50. The zero-order chi connectivity index (χ0) is 81.0. The Morgan fingerprint density at radius 3 is 1.28 bits per heavy atom. The van der Waals surface area contributed by atoms with Gasteiger partial charge in [0.2, 0.25) is 0 Å². The molecule has 0 atom stereocenters. The molecule has 0 amide bonds. The number of aromatic amines is 1. The van der Waals surface area contributed by atoms with Crippen LogP contribution in [0.3, 0.4) is 0 Å².